The molecule has 0 saturated heterocycles. The van der Waals surface area contributed by atoms with Gasteiger partial charge in [0, 0.05) is 0 Å². The monoisotopic (exact) mass is 288 g/mol. The summed E-state index contributed by atoms with van der Waals surface area (Å²) in [6, 6.07) is 1.29. The number of phenols is 2. The van der Waals surface area contributed by atoms with E-state index in [0.717, 1.165) is 0 Å². The van der Waals surface area contributed by atoms with Crippen LogP contribution in [0, 0.1) is 0 Å². The van der Waals surface area contributed by atoms with Crippen LogP contribution in [0.25, 0.3) is 0 Å². The summed E-state index contributed by atoms with van der Waals surface area (Å²) in [5.41, 5.74) is 0. The molecule has 0 aliphatic heterocycles. The van der Waals surface area contributed by atoms with Crippen LogP contribution in [-0.4, -0.2) is 41.6 Å². The van der Waals surface area contributed by atoms with Crippen molar-refractivity contribution in [1.82, 2.24) is 0 Å². The fourth-order valence-electron chi connectivity index (χ4n) is 1.04. The van der Waals surface area contributed by atoms with Crippen molar-refractivity contribution >= 4 is 20.2 Å². The first kappa shape index (κ1) is 15.6. The summed E-state index contributed by atoms with van der Waals surface area (Å²) >= 11 is 0. The fraction of sp³-hybridized carbons (Fsp3) is 0. The normalized spacial score (nSPS) is 11.9. The molecule has 9 nitrogen and oxygen atoms in total. The molecule has 0 aliphatic carbocycles. The van der Waals surface area contributed by atoms with E-state index in [9.17, 15) is 16.8 Å². The average Bonchev–Trinajstić information content (AvgIpc) is 2.04. The van der Waals surface area contributed by atoms with Crippen LogP contribution in [0.3, 0.4) is 0 Å². The number of aromatic hydroxyl groups is 2. The van der Waals surface area contributed by atoms with Gasteiger partial charge in [0.25, 0.3) is 20.2 Å². The molecule has 1 aromatic carbocycles. The van der Waals surface area contributed by atoms with Gasteiger partial charge in [-0.1, -0.05) is 0 Å². The third kappa shape index (κ3) is 3.04. The van der Waals surface area contributed by atoms with E-state index in [0.29, 0.717) is 12.1 Å². The summed E-state index contributed by atoms with van der Waals surface area (Å²) in [7, 11) is -10.2. The van der Waals surface area contributed by atoms with E-state index >= 15 is 0 Å². The minimum Gasteiger partial charge on any atom is -0.506 e. The van der Waals surface area contributed by atoms with Crippen molar-refractivity contribution < 1.29 is 41.6 Å². The zero-order valence-electron chi connectivity index (χ0n) is 7.89. The summed E-state index contributed by atoms with van der Waals surface area (Å²) in [5.74, 6) is -2.24. The Morgan fingerprint density at radius 2 is 1.00 bits per heavy atom. The maximum atomic E-state index is 10.8. The van der Waals surface area contributed by atoms with Crippen LogP contribution in [0.5, 0.6) is 11.5 Å². The SMILES string of the molecule is O.O=S(=O)(O)c1c(O)ccc(O)c1S(=O)(=O)O. The van der Waals surface area contributed by atoms with Crippen molar-refractivity contribution in [3.8, 4) is 11.5 Å². The molecule has 0 fully saturated rings. The highest BCUT2D eigenvalue weighted by atomic mass is 32.2. The molecule has 1 rings (SSSR count). The van der Waals surface area contributed by atoms with Gasteiger partial charge in [0.2, 0.25) is 0 Å². The zero-order chi connectivity index (χ0) is 12.7. The summed E-state index contributed by atoms with van der Waals surface area (Å²) in [4.78, 5) is -2.95. The molecule has 0 aromatic heterocycles. The molecule has 1 aromatic rings. The van der Waals surface area contributed by atoms with Gasteiger partial charge >= 0.3 is 0 Å². The summed E-state index contributed by atoms with van der Waals surface area (Å²) in [5, 5.41) is 18.2. The Morgan fingerprint density at radius 1 is 0.765 bits per heavy atom. The van der Waals surface area contributed by atoms with Crippen LogP contribution in [-0.2, 0) is 20.2 Å². The number of benzene rings is 1. The molecule has 0 amide bonds. The standard InChI is InChI=1S/C6H6O8S2.H2O/c7-3-1-2-4(8)6(16(12,13)14)5(3)15(9,10)11;/h1-2,7-8H,(H,9,10,11)(H,12,13,14);1H2. The third-order valence-electron chi connectivity index (χ3n) is 1.59. The van der Waals surface area contributed by atoms with Gasteiger partial charge in [0.15, 0.2) is 9.79 Å². The Labute approximate surface area is 95.8 Å². The van der Waals surface area contributed by atoms with Crippen LogP contribution >= 0.6 is 0 Å². The van der Waals surface area contributed by atoms with Gasteiger partial charge in [-0.25, -0.2) is 0 Å². The molecule has 0 spiro atoms. The lowest BCUT2D eigenvalue weighted by molar-refractivity contribution is 0.407. The Kier molecular flexibility index (Phi) is 4.09. The van der Waals surface area contributed by atoms with Gasteiger partial charge in [-0.05, 0) is 12.1 Å². The van der Waals surface area contributed by atoms with Crippen LogP contribution in [0.2, 0.25) is 0 Å². The number of hydrogen-bond donors (Lipinski definition) is 4. The maximum absolute atomic E-state index is 10.8. The van der Waals surface area contributed by atoms with Gasteiger partial charge in [-0.2, -0.15) is 16.8 Å². The second-order valence-electron chi connectivity index (χ2n) is 2.71. The van der Waals surface area contributed by atoms with Crippen molar-refractivity contribution in [3.63, 3.8) is 0 Å². The smallest absolute Gasteiger partial charge is 0.299 e. The minimum absolute atomic E-state index is 0. The molecule has 6 N–H and O–H groups in total. The third-order valence-corrected chi connectivity index (χ3v) is 3.57. The van der Waals surface area contributed by atoms with Crippen molar-refractivity contribution in [2.45, 2.75) is 9.79 Å². The molecule has 0 atom stereocenters. The first-order valence-electron chi connectivity index (χ1n) is 3.55. The largest absolute Gasteiger partial charge is 0.506 e. The lowest BCUT2D eigenvalue weighted by Gasteiger charge is -2.07. The highest BCUT2D eigenvalue weighted by Gasteiger charge is 2.30. The molecule has 17 heavy (non-hydrogen) atoms. The Balaban J connectivity index is 0.00000256. The summed E-state index contributed by atoms with van der Waals surface area (Å²) in [6.45, 7) is 0. The first-order chi connectivity index (χ1) is 7.05. The minimum atomic E-state index is -5.12. The predicted molar refractivity (Wildman–Crippen MR) is 53.0 cm³/mol. The van der Waals surface area contributed by atoms with E-state index in [1.807, 2.05) is 0 Å². The lowest BCUT2D eigenvalue weighted by atomic mass is 10.3. The van der Waals surface area contributed by atoms with E-state index in [1.165, 1.54) is 0 Å². The van der Waals surface area contributed by atoms with Crippen LogP contribution in [0.15, 0.2) is 21.9 Å². The lowest BCUT2D eigenvalue weighted by Crippen LogP contribution is -2.09. The second kappa shape index (κ2) is 4.46. The van der Waals surface area contributed by atoms with E-state index in [1.54, 1.807) is 0 Å². The van der Waals surface area contributed by atoms with Crippen molar-refractivity contribution in [2.24, 2.45) is 0 Å². The Morgan fingerprint density at radius 3 is 1.18 bits per heavy atom. The Hall–Kier alpha value is -1.40. The van der Waals surface area contributed by atoms with Gasteiger partial charge < -0.3 is 15.7 Å². The van der Waals surface area contributed by atoms with E-state index < -0.39 is 41.5 Å². The quantitative estimate of drug-likeness (QED) is 0.385. The molecule has 11 heteroatoms. The van der Waals surface area contributed by atoms with Gasteiger partial charge in [0.1, 0.15) is 11.5 Å². The molecule has 0 unspecified atom stereocenters. The fourth-order valence-corrected chi connectivity index (χ4v) is 3.01. The van der Waals surface area contributed by atoms with Gasteiger partial charge in [-0.15, -0.1) is 0 Å². The van der Waals surface area contributed by atoms with Crippen LogP contribution in [0.4, 0.5) is 0 Å². The van der Waals surface area contributed by atoms with Gasteiger partial charge in [-0.3, -0.25) is 9.11 Å². The van der Waals surface area contributed by atoms with Crippen LogP contribution < -0.4 is 0 Å². The zero-order valence-corrected chi connectivity index (χ0v) is 9.53. The predicted octanol–water partition coefficient (Wildman–Crippen LogP) is -1.23. The number of rotatable bonds is 2. The maximum Gasteiger partial charge on any atom is 0.299 e. The van der Waals surface area contributed by atoms with E-state index in [-0.39, 0.29) is 5.48 Å². The molecule has 98 valence electrons. The van der Waals surface area contributed by atoms with Crippen molar-refractivity contribution in [2.75, 3.05) is 0 Å². The topological polar surface area (TPSA) is 181 Å². The van der Waals surface area contributed by atoms with E-state index in [4.69, 9.17) is 19.3 Å². The van der Waals surface area contributed by atoms with Crippen molar-refractivity contribution in [1.29, 1.82) is 0 Å². The van der Waals surface area contributed by atoms with Gasteiger partial charge in [0.05, 0.1) is 0 Å². The first-order valence-corrected chi connectivity index (χ1v) is 6.43. The average molecular weight is 288 g/mol. The summed E-state index contributed by atoms with van der Waals surface area (Å²) < 4.78 is 60.5. The van der Waals surface area contributed by atoms with E-state index in [2.05, 4.69) is 0 Å². The second-order valence-corrected chi connectivity index (χ2v) is 5.43. The molecule has 0 heterocycles. The summed E-state index contributed by atoms with van der Waals surface area (Å²) in [6.07, 6.45) is 0. The molecule has 0 bridgehead atoms. The molecular weight excluding hydrogens is 280 g/mol. The highest BCUT2D eigenvalue weighted by molar-refractivity contribution is 7.89. The molecule has 0 saturated carbocycles. The number of phenolic OH excluding ortho intramolecular Hbond substituents is 2. The molecule has 0 radical (unpaired) electrons. The molecule has 0 aliphatic rings. The number of hydrogen-bond acceptors (Lipinski definition) is 6. The highest BCUT2D eigenvalue weighted by Crippen LogP contribution is 2.35. The van der Waals surface area contributed by atoms with Crippen LogP contribution in [0.1, 0.15) is 0 Å². The Bertz CT molecular complexity index is 571. The molecular formula is C6H8O9S2. The van der Waals surface area contributed by atoms with Crippen molar-refractivity contribution in [3.05, 3.63) is 12.1 Å².